The van der Waals surface area contributed by atoms with Gasteiger partial charge < -0.3 is 0 Å². The molecule has 0 bridgehead atoms. The zero-order valence-electron chi connectivity index (χ0n) is 4.93. The molecule has 0 saturated heterocycles. The molecular weight excluding hydrogens is 220 g/mol. The third-order valence-corrected chi connectivity index (χ3v) is 0.873. The Balaban J connectivity index is 5.02. The lowest BCUT2D eigenvalue weighted by Crippen LogP contribution is -2.06. The zero-order chi connectivity index (χ0) is 10.3. The van der Waals surface area contributed by atoms with E-state index in [2.05, 4.69) is 0 Å². The fraction of sp³-hybridized carbons (Fsp3) is 0.333. The molecule has 74 valence electrons. The van der Waals surface area contributed by atoms with Crippen molar-refractivity contribution in [1.82, 2.24) is 0 Å². The van der Waals surface area contributed by atoms with Crippen LogP contribution < -0.4 is 0 Å². The van der Waals surface area contributed by atoms with Crippen LogP contribution in [-0.2, 0) is 0 Å². The van der Waals surface area contributed by atoms with Gasteiger partial charge in [-0.15, -0.1) is 0 Å². The van der Waals surface area contributed by atoms with E-state index in [1.807, 2.05) is 0 Å². The van der Waals surface area contributed by atoms with Crippen molar-refractivity contribution in [2.45, 2.75) is 6.18 Å². The zero-order valence-corrected chi connectivity index (χ0v) is 5.75. The standard InChI is InChI=1S/C3F8S/c4-3(5,6)1-2-12(7,8,9,10)11. The average molecular weight is 220 g/mol. The lowest BCUT2D eigenvalue weighted by molar-refractivity contribution is -0.0697. The van der Waals surface area contributed by atoms with E-state index in [-0.39, 0.29) is 0 Å². The van der Waals surface area contributed by atoms with Crippen LogP contribution in [0.2, 0.25) is 0 Å². The summed E-state index contributed by atoms with van der Waals surface area (Å²) in [5.74, 6) is -0.530. The van der Waals surface area contributed by atoms with Crippen molar-refractivity contribution >= 4 is 10.2 Å². The average Bonchev–Trinajstić information content (AvgIpc) is 1.53. The molecule has 0 N–H and O–H groups in total. The molecule has 0 rings (SSSR count). The Morgan fingerprint density at radius 1 is 0.833 bits per heavy atom. The minimum absolute atomic E-state index is 0.530. The van der Waals surface area contributed by atoms with E-state index in [4.69, 9.17) is 0 Å². The molecule has 0 nitrogen and oxygen atoms in total. The van der Waals surface area contributed by atoms with Crippen LogP contribution in [0.25, 0.3) is 0 Å². The maximum absolute atomic E-state index is 11.1. The molecule has 0 aliphatic carbocycles. The van der Waals surface area contributed by atoms with E-state index in [0.29, 0.717) is 0 Å². The lowest BCUT2D eigenvalue weighted by Gasteiger charge is -2.33. The molecule has 0 atom stereocenters. The monoisotopic (exact) mass is 220 g/mol. The van der Waals surface area contributed by atoms with Crippen molar-refractivity contribution < 1.29 is 32.6 Å². The summed E-state index contributed by atoms with van der Waals surface area (Å²) >= 11 is 0. The van der Waals surface area contributed by atoms with E-state index >= 15 is 0 Å². The third kappa shape index (κ3) is 9.35. The molecule has 0 aliphatic rings. The number of alkyl halides is 3. The number of hydrogen-bond donors (Lipinski definition) is 0. The maximum Gasteiger partial charge on any atom is 0.458 e. The molecule has 0 heterocycles. The minimum atomic E-state index is -10.2. The molecule has 0 aromatic rings. The van der Waals surface area contributed by atoms with Crippen molar-refractivity contribution in [3.8, 4) is 11.2 Å². The number of rotatable bonds is 0. The van der Waals surface area contributed by atoms with Crippen molar-refractivity contribution in [1.29, 1.82) is 0 Å². The van der Waals surface area contributed by atoms with Gasteiger partial charge in [-0.25, -0.2) is 0 Å². The van der Waals surface area contributed by atoms with Gasteiger partial charge in [0.15, 0.2) is 0 Å². The van der Waals surface area contributed by atoms with Crippen LogP contribution in [0, 0.1) is 11.2 Å². The second kappa shape index (κ2) is 1.81. The fourth-order valence-electron chi connectivity index (χ4n) is 0.154. The van der Waals surface area contributed by atoms with Gasteiger partial charge in [-0.1, -0.05) is 19.4 Å². The summed E-state index contributed by atoms with van der Waals surface area (Å²) in [4.78, 5) is 0. The van der Waals surface area contributed by atoms with Crippen LogP contribution in [0.4, 0.5) is 32.6 Å². The van der Waals surface area contributed by atoms with Crippen LogP contribution in [-0.4, -0.2) is 6.18 Å². The Bertz CT molecular complexity index is 240. The predicted octanol–water partition coefficient (Wildman–Crippen LogP) is 3.81. The first-order valence-corrected chi connectivity index (χ1v) is 3.99. The highest BCUT2D eigenvalue weighted by Gasteiger charge is 2.62. The lowest BCUT2D eigenvalue weighted by atomic mass is 10.7. The van der Waals surface area contributed by atoms with E-state index < -0.39 is 27.6 Å². The Hall–Kier alpha value is -0.650. The van der Waals surface area contributed by atoms with Crippen molar-refractivity contribution in [2.24, 2.45) is 0 Å². The molecule has 0 aromatic heterocycles. The molecule has 0 aliphatic heterocycles. The van der Waals surface area contributed by atoms with Crippen LogP contribution in [0.1, 0.15) is 0 Å². The van der Waals surface area contributed by atoms with Crippen molar-refractivity contribution in [2.75, 3.05) is 0 Å². The second-order valence-electron chi connectivity index (χ2n) is 1.69. The van der Waals surface area contributed by atoms with Crippen LogP contribution >= 0.6 is 10.2 Å². The van der Waals surface area contributed by atoms with Crippen molar-refractivity contribution in [3.63, 3.8) is 0 Å². The molecular formula is C3F8S. The first-order chi connectivity index (χ1) is 4.68. The summed E-state index contributed by atoms with van der Waals surface area (Å²) < 4.78 is 88.2. The topological polar surface area (TPSA) is 0 Å². The van der Waals surface area contributed by atoms with Crippen LogP contribution in [0.15, 0.2) is 0 Å². The van der Waals surface area contributed by atoms with Gasteiger partial charge in [0.2, 0.25) is 0 Å². The van der Waals surface area contributed by atoms with Gasteiger partial charge in [-0.3, -0.25) is 0 Å². The summed E-state index contributed by atoms with van der Waals surface area (Å²) in [5.41, 5.74) is 0. The molecule has 0 radical (unpaired) electrons. The molecule has 12 heavy (non-hydrogen) atoms. The molecule has 0 fully saturated rings. The maximum atomic E-state index is 11.1. The quantitative estimate of drug-likeness (QED) is 0.430. The number of hydrogen-bond acceptors (Lipinski definition) is 0. The van der Waals surface area contributed by atoms with Gasteiger partial charge >= 0.3 is 16.4 Å². The Morgan fingerprint density at radius 3 is 1.25 bits per heavy atom. The highest BCUT2D eigenvalue weighted by molar-refractivity contribution is 8.49. The molecule has 0 spiro atoms. The van der Waals surface area contributed by atoms with Crippen molar-refractivity contribution in [3.05, 3.63) is 0 Å². The Labute approximate surface area is 61.3 Å². The van der Waals surface area contributed by atoms with E-state index in [0.717, 1.165) is 0 Å². The van der Waals surface area contributed by atoms with Gasteiger partial charge in [0.1, 0.15) is 0 Å². The largest absolute Gasteiger partial charge is 0.458 e. The van der Waals surface area contributed by atoms with E-state index in [1.165, 1.54) is 0 Å². The summed E-state index contributed by atoms with van der Waals surface area (Å²) in [5, 5.41) is -0.976. The smallest absolute Gasteiger partial charge is 0.159 e. The van der Waals surface area contributed by atoms with Gasteiger partial charge in [0, 0.05) is 5.92 Å². The molecule has 0 aromatic carbocycles. The van der Waals surface area contributed by atoms with E-state index in [9.17, 15) is 32.6 Å². The Morgan fingerprint density at radius 2 is 1.17 bits per heavy atom. The molecule has 0 saturated carbocycles. The van der Waals surface area contributed by atoms with Gasteiger partial charge in [-0.2, -0.15) is 13.2 Å². The summed E-state index contributed by atoms with van der Waals surface area (Å²) in [7, 11) is -10.2. The number of halogens is 8. The summed E-state index contributed by atoms with van der Waals surface area (Å²) in [6.45, 7) is 0. The Kier molecular flexibility index (Phi) is 1.71. The summed E-state index contributed by atoms with van der Waals surface area (Å²) in [6, 6.07) is 0. The fourth-order valence-corrected chi connectivity index (χ4v) is 0.463. The van der Waals surface area contributed by atoms with Gasteiger partial charge in [0.25, 0.3) is 0 Å². The minimum Gasteiger partial charge on any atom is -0.159 e. The molecule has 9 heteroatoms. The SMILES string of the molecule is FC(F)(F)C#CS(F)(F)(F)(F)F. The van der Waals surface area contributed by atoms with Crippen LogP contribution in [0.3, 0.4) is 0 Å². The predicted molar refractivity (Wildman–Crippen MR) is 27.0 cm³/mol. The van der Waals surface area contributed by atoms with Gasteiger partial charge in [-0.05, 0) is 0 Å². The third-order valence-electron chi connectivity index (χ3n) is 0.386. The molecule has 0 unspecified atom stereocenters. The highest BCUT2D eigenvalue weighted by atomic mass is 32.5. The second-order valence-corrected chi connectivity index (χ2v) is 3.84. The molecule has 0 amide bonds. The van der Waals surface area contributed by atoms with Crippen LogP contribution in [0.5, 0.6) is 0 Å². The normalized spacial score (nSPS) is 18.7. The summed E-state index contributed by atoms with van der Waals surface area (Å²) in [6.07, 6.45) is -5.57. The highest BCUT2D eigenvalue weighted by Crippen LogP contribution is 2.97. The van der Waals surface area contributed by atoms with E-state index in [1.54, 1.807) is 0 Å². The first-order valence-electron chi connectivity index (χ1n) is 2.04. The van der Waals surface area contributed by atoms with Gasteiger partial charge in [0.05, 0.1) is 5.25 Å². The first kappa shape index (κ1) is 11.4.